The van der Waals surface area contributed by atoms with Gasteiger partial charge in [-0.15, -0.1) is 16.9 Å². The van der Waals surface area contributed by atoms with Crippen LogP contribution in [0.2, 0.25) is 0 Å². The van der Waals surface area contributed by atoms with Crippen molar-refractivity contribution in [3.05, 3.63) is 53.6 Å². The van der Waals surface area contributed by atoms with Gasteiger partial charge in [0.05, 0.1) is 4.90 Å². The van der Waals surface area contributed by atoms with Crippen LogP contribution in [0.25, 0.3) is 11.5 Å². The minimum Gasteiger partial charge on any atom is -0.403 e. The molecule has 0 bridgehead atoms. The lowest BCUT2D eigenvalue weighted by molar-refractivity contribution is -0.121. The molecule has 10 heteroatoms. The average Bonchev–Trinajstić information content (AvgIpc) is 3.29. The first-order chi connectivity index (χ1) is 15.8. The summed E-state index contributed by atoms with van der Waals surface area (Å²) in [4.78, 5) is 14.0. The summed E-state index contributed by atoms with van der Waals surface area (Å²) in [6.07, 6.45) is 2.79. The van der Waals surface area contributed by atoms with E-state index in [9.17, 15) is 13.2 Å². The van der Waals surface area contributed by atoms with Crippen molar-refractivity contribution in [2.45, 2.75) is 36.5 Å². The lowest BCUT2D eigenvalue weighted by atomic mass is 9.97. The molecule has 1 amide bonds. The lowest BCUT2D eigenvalue weighted by Crippen LogP contribution is -2.41. The number of hydrogen-bond donors (Lipinski definition) is 1. The average molecular weight is 487 g/mol. The number of carbonyl (C=O) groups is 1. The summed E-state index contributed by atoms with van der Waals surface area (Å²) < 4.78 is 32.9. The molecule has 33 heavy (non-hydrogen) atoms. The van der Waals surface area contributed by atoms with Gasteiger partial charge in [-0.25, -0.2) is 8.42 Å². The van der Waals surface area contributed by atoms with Crippen LogP contribution in [0.5, 0.6) is 0 Å². The number of carbonyl (C=O) groups excluding carboxylic acids is 1. The van der Waals surface area contributed by atoms with Gasteiger partial charge in [0.1, 0.15) is 0 Å². The fraction of sp³-hybridized carbons (Fsp3) is 0.348. The van der Waals surface area contributed by atoms with Gasteiger partial charge >= 0.3 is 6.01 Å². The molecule has 1 aliphatic heterocycles. The Kier molecular flexibility index (Phi) is 6.87. The number of piperidine rings is 1. The van der Waals surface area contributed by atoms with Crippen molar-refractivity contribution >= 4 is 33.7 Å². The molecule has 2 heterocycles. The van der Waals surface area contributed by atoms with Crippen molar-refractivity contribution in [2.24, 2.45) is 5.92 Å². The van der Waals surface area contributed by atoms with Crippen LogP contribution in [0.15, 0.2) is 56.7 Å². The fourth-order valence-electron chi connectivity index (χ4n) is 3.73. The lowest BCUT2D eigenvalue weighted by Gasteiger charge is -2.30. The molecule has 1 aromatic heterocycles. The number of aromatic nitrogens is 2. The highest BCUT2D eigenvalue weighted by molar-refractivity contribution is 7.98. The number of aryl methyl sites for hydroxylation is 2. The third-order valence-corrected chi connectivity index (χ3v) is 8.59. The van der Waals surface area contributed by atoms with Gasteiger partial charge in [-0.1, -0.05) is 11.2 Å². The molecule has 0 aliphatic carbocycles. The van der Waals surface area contributed by atoms with Gasteiger partial charge in [0.2, 0.25) is 21.8 Å². The molecule has 0 saturated carbocycles. The van der Waals surface area contributed by atoms with Gasteiger partial charge in [-0.3, -0.25) is 10.1 Å². The van der Waals surface area contributed by atoms with E-state index in [-0.39, 0.29) is 35.8 Å². The van der Waals surface area contributed by atoms with E-state index in [1.807, 2.05) is 38.3 Å². The van der Waals surface area contributed by atoms with Crippen molar-refractivity contribution in [1.82, 2.24) is 14.5 Å². The maximum atomic E-state index is 12.9. The third-order valence-electron chi connectivity index (χ3n) is 5.93. The van der Waals surface area contributed by atoms with Gasteiger partial charge in [-0.05, 0) is 80.5 Å². The number of nitrogens with one attached hydrogen (secondary N) is 1. The standard InChI is InChI=1S/C23H26N4O4S2/c1-15-4-5-18(14-16(15)2)22-25-26-23(31-22)24-21(28)17-10-12-27(13-11-17)33(29,30)20-8-6-19(32-3)7-9-20/h4-9,14,17H,10-13H2,1-3H3,(H,24,26,28). The molecule has 174 valence electrons. The molecule has 1 aliphatic rings. The van der Waals surface area contributed by atoms with E-state index in [1.165, 1.54) is 4.31 Å². The van der Waals surface area contributed by atoms with Crippen molar-refractivity contribution in [3.8, 4) is 11.5 Å². The second-order valence-electron chi connectivity index (χ2n) is 8.05. The summed E-state index contributed by atoms with van der Waals surface area (Å²) in [6.45, 7) is 4.59. The van der Waals surface area contributed by atoms with E-state index in [0.717, 1.165) is 21.6 Å². The number of benzene rings is 2. The molecule has 2 aromatic carbocycles. The van der Waals surface area contributed by atoms with Crippen LogP contribution in [-0.2, 0) is 14.8 Å². The Morgan fingerprint density at radius 3 is 2.39 bits per heavy atom. The first-order valence-electron chi connectivity index (χ1n) is 10.6. The number of sulfonamides is 1. The summed E-state index contributed by atoms with van der Waals surface area (Å²) >= 11 is 1.56. The second kappa shape index (κ2) is 9.66. The number of anilines is 1. The highest BCUT2D eigenvalue weighted by Crippen LogP contribution is 2.27. The summed E-state index contributed by atoms with van der Waals surface area (Å²) in [6, 6.07) is 12.7. The van der Waals surface area contributed by atoms with Crippen LogP contribution in [0.3, 0.4) is 0 Å². The number of hydrogen-bond acceptors (Lipinski definition) is 7. The quantitative estimate of drug-likeness (QED) is 0.523. The van der Waals surface area contributed by atoms with Crippen LogP contribution >= 0.6 is 11.8 Å². The van der Waals surface area contributed by atoms with Crippen LogP contribution in [0.4, 0.5) is 6.01 Å². The fourth-order valence-corrected chi connectivity index (χ4v) is 5.61. The van der Waals surface area contributed by atoms with Crippen molar-refractivity contribution in [2.75, 3.05) is 24.7 Å². The molecule has 0 unspecified atom stereocenters. The highest BCUT2D eigenvalue weighted by atomic mass is 32.2. The molecule has 1 saturated heterocycles. The molecular formula is C23H26N4O4S2. The molecule has 3 aromatic rings. The van der Waals surface area contributed by atoms with E-state index < -0.39 is 10.0 Å². The van der Waals surface area contributed by atoms with Crippen LogP contribution in [0, 0.1) is 19.8 Å². The Morgan fingerprint density at radius 2 is 1.76 bits per heavy atom. The Hall–Kier alpha value is -2.69. The number of rotatable bonds is 6. The van der Waals surface area contributed by atoms with E-state index in [0.29, 0.717) is 18.7 Å². The predicted octanol–water partition coefficient (Wildman–Crippen LogP) is 4.11. The van der Waals surface area contributed by atoms with E-state index in [1.54, 1.807) is 36.0 Å². The summed E-state index contributed by atoms with van der Waals surface area (Å²) in [5.74, 6) is -0.235. The van der Waals surface area contributed by atoms with Gasteiger partial charge in [0.15, 0.2) is 0 Å². The highest BCUT2D eigenvalue weighted by Gasteiger charge is 2.32. The largest absolute Gasteiger partial charge is 0.403 e. The Bertz CT molecular complexity index is 1250. The zero-order valence-corrected chi connectivity index (χ0v) is 20.4. The third kappa shape index (κ3) is 5.13. The van der Waals surface area contributed by atoms with E-state index >= 15 is 0 Å². The van der Waals surface area contributed by atoms with Gasteiger partial charge < -0.3 is 4.42 Å². The van der Waals surface area contributed by atoms with E-state index in [4.69, 9.17) is 4.42 Å². The van der Waals surface area contributed by atoms with Crippen LogP contribution in [-0.4, -0.2) is 48.2 Å². The molecule has 4 rings (SSSR count). The SMILES string of the molecule is CSc1ccc(S(=O)(=O)N2CCC(C(=O)Nc3nnc(-c4ccc(C)c(C)c4)o3)CC2)cc1. The van der Waals surface area contributed by atoms with Crippen molar-refractivity contribution in [1.29, 1.82) is 0 Å². The zero-order valence-electron chi connectivity index (χ0n) is 18.7. The first kappa shape index (κ1) is 23.5. The second-order valence-corrected chi connectivity index (χ2v) is 10.9. The van der Waals surface area contributed by atoms with Crippen LogP contribution < -0.4 is 5.32 Å². The predicted molar refractivity (Wildman–Crippen MR) is 128 cm³/mol. The van der Waals surface area contributed by atoms with Gasteiger partial charge in [0, 0.05) is 29.5 Å². The first-order valence-corrected chi connectivity index (χ1v) is 13.3. The van der Waals surface area contributed by atoms with Crippen LogP contribution in [0.1, 0.15) is 24.0 Å². The minimum absolute atomic E-state index is 0.0390. The Labute approximate surface area is 197 Å². The zero-order chi connectivity index (χ0) is 23.6. The van der Waals surface area contributed by atoms with Crippen molar-refractivity contribution < 1.29 is 17.6 Å². The molecular weight excluding hydrogens is 460 g/mol. The Morgan fingerprint density at radius 1 is 1.06 bits per heavy atom. The number of nitrogens with zero attached hydrogens (tertiary/aromatic N) is 3. The summed E-state index contributed by atoms with van der Waals surface area (Å²) in [7, 11) is -3.58. The van der Waals surface area contributed by atoms with Gasteiger partial charge in [-0.2, -0.15) is 4.31 Å². The van der Waals surface area contributed by atoms with E-state index in [2.05, 4.69) is 15.5 Å². The monoisotopic (exact) mass is 486 g/mol. The molecule has 0 atom stereocenters. The summed E-state index contributed by atoms with van der Waals surface area (Å²) in [5.41, 5.74) is 3.06. The number of thioether (sulfide) groups is 1. The topological polar surface area (TPSA) is 105 Å². The smallest absolute Gasteiger partial charge is 0.322 e. The molecule has 1 N–H and O–H groups in total. The minimum atomic E-state index is -3.58. The normalized spacial score (nSPS) is 15.5. The summed E-state index contributed by atoms with van der Waals surface area (Å²) in [5, 5.41) is 10.6. The maximum absolute atomic E-state index is 12.9. The maximum Gasteiger partial charge on any atom is 0.322 e. The van der Waals surface area contributed by atoms with Crippen molar-refractivity contribution in [3.63, 3.8) is 0 Å². The van der Waals surface area contributed by atoms with Gasteiger partial charge in [0.25, 0.3) is 0 Å². The molecule has 0 spiro atoms. The molecule has 1 fully saturated rings. The molecule has 0 radical (unpaired) electrons. The Balaban J connectivity index is 1.36. The number of amides is 1. The molecule has 8 nitrogen and oxygen atoms in total.